The number of benzene rings is 2. The molecule has 0 heterocycles. The van der Waals surface area contributed by atoms with Gasteiger partial charge in [-0.05, 0) is 42.3 Å². The van der Waals surface area contributed by atoms with Crippen molar-refractivity contribution in [3.63, 3.8) is 0 Å². The molecule has 29 heavy (non-hydrogen) atoms. The van der Waals surface area contributed by atoms with Crippen LogP contribution in [-0.4, -0.2) is 30.4 Å². The van der Waals surface area contributed by atoms with Crippen LogP contribution in [0.4, 0.5) is 4.39 Å². The Kier molecular flexibility index (Phi) is 8.14. The van der Waals surface area contributed by atoms with E-state index in [4.69, 9.17) is 4.74 Å². The molecule has 3 amide bonds. The summed E-state index contributed by atoms with van der Waals surface area (Å²) in [6, 6.07) is 12.9. The van der Waals surface area contributed by atoms with E-state index in [0.717, 1.165) is 0 Å². The van der Waals surface area contributed by atoms with Crippen LogP contribution in [0, 0.1) is 11.7 Å². The maximum Gasteiger partial charge on any atom is 0.276 e. The van der Waals surface area contributed by atoms with Crippen LogP contribution in [0.5, 0.6) is 5.75 Å². The normalized spacial score (nSPS) is 12.4. The summed E-state index contributed by atoms with van der Waals surface area (Å²) in [5, 5.41) is 2.70. The third-order valence-electron chi connectivity index (χ3n) is 4.33. The van der Waals surface area contributed by atoms with E-state index < -0.39 is 23.7 Å². The van der Waals surface area contributed by atoms with Gasteiger partial charge in [0.15, 0.2) is 6.61 Å². The Labute approximate surface area is 168 Å². The molecule has 0 spiro atoms. The minimum atomic E-state index is -0.828. The highest BCUT2D eigenvalue weighted by atomic mass is 19.1. The van der Waals surface area contributed by atoms with Crippen molar-refractivity contribution < 1.29 is 23.5 Å². The second-order valence-corrected chi connectivity index (χ2v) is 6.48. The van der Waals surface area contributed by atoms with Gasteiger partial charge < -0.3 is 10.1 Å². The van der Waals surface area contributed by atoms with Gasteiger partial charge in [-0.25, -0.2) is 4.39 Å². The SMILES string of the molecule is CC[C@H](C)[C@H](NC(=O)c1ccccc1)C(=O)NNC(=O)COc1ccc(F)cc1. The van der Waals surface area contributed by atoms with E-state index >= 15 is 0 Å². The second kappa shape index (κ2) is 10.8. The standard InChI is InChI=1S/C21H24FN3O4/c1-3-14(2)19(23-20(27)15-7-5-4-6-8-15)21(28)25-24-18(26)13-29-17-11-9-16(22)10-12-17/h4-12,14,19H,3,13H2,1-2H3,(H,23,27)(H,24,26)(H,25,28)/t14-,19-/m0/s1. The van der Waals surface area contributed by atoms with E-state index in [1.165, 1.54) is 24.3 Å². The predicted molar refractivity (Wildman–Crippen MR) is 105 cm³/mol. The summed E-state index contributed by atoms with van der Waals surface area (Å²) in [4.78, 5) is 36.8. The third-order valence-corrected chi connectivity index (χ3v) is 4.33. The summed E-state index contributed by atoms with van der Waals surface area (Å²) in [6.07, 6.45) is 0.648. The average molecular weight is 401 g/mol. The molecule has 2 atom stereocenters. The van der Waals surface area contributed by atoms with E-state index in [9.17, 15) is 18.8 Å². The summed E-state index contributed by atoms with van der Waals surface area (Å²) in [6.45, 7) is 3.36. The molecule has 0 aliphatic heterocycles. The second-order valence-electron chi connectivity index (χ2n) is 6.48. The van der Waals surface area contributed by atoms with Gasteiger partial charge in [-0.15, -0.1) is 0 Å². The number of ether oxygens (including phenoxy) is 1. The van der Waals surface area contributed by atoms with Crippen molar-refractivity contribution in [2.75, 3.05) is 6.61 Å². The molecule has 8 heteroatoms. The fraction of sp³-hybridized carbons (Fsp3) is 0.286. The van der Waals surface area contributed by atoms with Crippen LogP contribution in [0.3, 0.4) is 0 Å². The number of amides is 3. The minimum absolute atomic E-state index is 0.157. The van der Waals surface area contributed by atoms with Gasteiger partial charge in [0, 0.05) is 5.56 Å². The van der Waals surface area contributed by atoms with Crippen LogP contribution >= 0.6 is 0 Å². The summed E-state index contributed by atoms with van der Waals surface area (Å²) >= 11 is 0. The summed E-state index contributed by atoms with van der Waals surface area (Å²) < 4.78 is 18.1. The fourth-order valence-corrected chi connectivity index (χ4v) is 2.44. The van der Waals surface area contributed by atoms with Crippen molar-refractivity contribution >= 4 is 17.7 Å². The van der Waals surface area contributed by atoms with Gasteiger partial charge in [-0.3, -0.25) is 25.2 Å². The van der Waals surface area contributed by atoms with Crippen LogP contribution < -0.4 is 20.9 Å². The molecule has 0 saturated heterocycles. The van der Waals surface area contributed by atoms with Crippen molar-refractivity contribution in [1.29, 1.82) is 0 Å². The first-order chi connectivity index (χ1) is 13.9. The van der Waals surface area contributed by atoms with Gasteiger partial charge in [0.25, 0.3) is 17.7 Å². The zero-order valence-corrected chi connectivity index (χ0v) is 16.3. The lowest BCUT2D eigenvalue weighted by atomic mass is 9.98. The Morgan fingerprint density at radius 2 is 1.66 bits per heavy atom. The maximum absolute atomic E-state index is 12.9. The third kappa shape index (κ3) is 6.91. The van der Waals surface area contributed by atoms with E-state index in [0.29, 0.717) is 17.7 Å². The molecular formula is C21H24FN3O4. The van der Waals surface area contributed by atoms with Crippen molar-refractivity contribution in [2.24, 2.45) is 5.92 Å². The Morgan fingerprint density at radius 3 is 2.28 bits per heavy atom. The zero-order valence-electron chi connectivity index (χ0n) is 16.3. The molecule has 0 unspecified atom stereocenters. The Morgan fingerprint density at radius 1 is 1.00 bits per heavy atom. The molecule has 0 aliphatic rings. The Balaban J connectivity index is 1.87. The first-order valence-corrected chi connectivity index (χ1v) is 9.23. The molecule has 0 radical (unpaired) electrons. The van der Waals surface area contributed by atoms with Crippen molar-refractivity contribution in [3.8, 4) is 5.75 Å². The van der Waals surface area contributed by atoms with E-state index in [-0.39, 0.29) is 18.4 Å². The number of hydrazine groups is 1. The summed E-state index contributed by atoms with van der Waals surface area (Å²) in [5.41, 5.74) is 4.99. The van der Waals surface area contributed by atoms with Crippen LogP contribution in [0.1, 0.15) is 30.6 Å². The van der Waals surface area contributed by atoms with E-state index in [1.807, 2.05) is 13.8 Å². The molecular weight excluding hydrogens is 377 g/mol. The maximum atomic E-state index is 12.9. The molecule has 2 aromatic rings. The van der Waals surface area contributed by atoms with Crippen molar-refractivity contribution in [1.82, 2.24) is 16.2 Å². The molecule has 0 saturated carbocycles. The molecule has 0 aliphatic carbocycles. The zero-order chi connectivity index (χ0) is 21.2. The molecule has 7 nitrogen and oxygen atoms in total. The first kappa shape index (κ1) is 21.9. The lowest BCUT2D eigenvalue weighted by Crippen LogP contribution is -2.55. The van der Waals surface area contributed by atoms with E-state index in [1.54, 1.807) is 30.3 Å². The van der Waals surface area contributed by atoms with Gasteiger partial charge in [0.2, 0.25) is 0 Å². The molecule has 0 bridgehead atoms. The van der Waals surface area contributed by atoms with Gasteiger partial charge in [0.1, 0.15) is 17.6 Å². The predicted octanol–water partition coefficient (Wildman–Crippen LogP) is 2.20. The number of rotatable bonds is 8. The highest BCUT2D eigenvalue weighted by Crippen LogP contribution is 2.11. The van der Waals surface area contributed by atoms with Gasteiger partial charge in [-0.1, -0.05) is 38.5 Å². The molecule has 154 valence electrons. The highest BCUT2D eigenvalue weighted by Gasteiger charge is 2.26. The van der Waals surface area contributed by atoms with Crippen LogP contribution in [0.2, 0.25) is 0 Å². The lowest BCUT2D eigenvalue weighted by Gasteiger charge is -2.23. The quantitative estimate of drug-likeness (QED) is 0.591. The molecule has 3 N–H and O–H groups in total. The van der Waals surface area contributed by atoms with Crippen LogP contribution in [-0.2, 0) is 9.59 Å². The number of hydrogen-bond donors (Lipinski definition) is 3. The van der Waals surface area contributed by atoms with Gasteiger partial charge >= 0.3 is 0 Å². The van der Waals surface area contributed by atoms with E-state index in [2.05, 4.69) is 16.2 Å². The van der Waals surface area contributed by atoms with Gasteiger partial charge in [0.05, 0.1) is 0 Å². The van der Waals surface area contributed by atoms with Crippen molar-refractivity contribution in [3.05, 3.63) is 66.0 Å². The smallest absolute Gasteiger partial charge is 0.276 e. The minimum Gasteiger partial charge on any atom is -0.484 e. The Hall–Kier alpha value is -3.42. The Bertz CT molecular complexity index is 828. The number of carbonyl (C=O) groups excluding carboxylic acids is 3. The van der Waals surface area contributed by atoms with Crippen LogP contribution in [0.15, 0.2) is 54.6 Å². The summed E-state index contributed by atoms with van der Waals surface area (Å²) in [5.74, 6) is -1.77. The molecule has 0 fully saturated rings. The topological polar surface area (TPSA) is 96.5 Å². The van der Waals surface area contributed by atoms with Gasteiger partial charge in [-0.2, -0.15) is 0 Å². The number of carbonyl (C=O) groups is 3. The summed E-state index contributed by atoms with van der Waals surface area (Å²) in [7, 11) is 0. The lowest BCUT2D eigenvalue weighted by molar-refractivity contribution is -0.131. The largest absolute Gasteiger partial charge is 0.484 e. The molecule has 0 aromatic heterocycles. The molecule has 2 rings (SSSR count). The number of hydrogen-bond acceptors (Lipinski definition) is 4. The van der Waals surface area contributed by atoms with Crippen molar-refractivity contribution in [2.45, 2.75) is 26.3 Å². The molecule has 2 aromatic carbocycles. The monoisotopic (exact) mass is 401 g/mol. The number of halogens is 1. The average Bonchev–Trinajstić information content (AvgIpc) is 2.75. The van der Waals surface area contributed by atoms with Crippen LogP contribution in [0.25, 0.3) is 0 Å². The first-order valence-electron chi connectivity index (χ1n) is 9.23. The fourth-order valence-electron chi connectivity index (χ4n) is 2.44. The highest BCUT2D eigenvalue weighted by molar-refractivity contribution is 5.97. The number of nitrogens with one attached hydrogen (secondary N) is 3.